The standard InChI is InChI=1S/C13H18FN2O15P3/c1-3-4-13(20)9(17)8(28-11(13)16-5-7(14)10(18)15-12(16)19)6(2)29-33(24,25)31-34(26,27)30-32(21,22)23/h5-6,8-9,11,17,20H,1-2H3,(H,24,25)(H,26,27)(H,15,18,19)(H2,21,22,23)/t6-,8+,9?,11+,13+/m0/s1. The normalized spacial score (nSPS) is 29.5. The summed E-state index contributed by atoms with van der Waals surface area (Å²) in [4.78, 5) is 60.9. The first kappa shape index (κ1) is 28.7. The Labute approximate surface area is 188 Å². The van der Waals surface area contributed by atoms with E-state index < -0.39 is 70.7 Å². The van der Waals surface area contributed by atoms with E-state index in [1.807, 2.05) is 0 Å². The Morgan fingerprint density at radius 2 is 1.79 bits per heavy atom. The van der Waals surface area contributed by atoms with Crippen LogP contribution >= 0.6 is 23.5 Å². The maximum absolute atomic E-state index is 13.7. The first-order chi connectivity index (χ1) is 15.3. The summed E-state index contributed by atoms with van der Waals surface area (Å²) in [6, 6.07) is 0. The van der Waals surface area contributed by atoms with E-state index in [1.54, 1.807) is 4.98 Å². The number of aromatic nitrogens is 2. The van der Waals surface area contributed by atoms with Crippen LogP contribution in [0.4, 0.5) is 4.39 Å². The molecule has 2 rings (SSSR count). The number of rotatable bonds is 8. The smallest absolute Gasteiger partial charge is 0.386 e. The predicted octanol–water partition coefficient (Wildman–Crippen LogP) is -1.58. The molecule has 1 aromatic rings. The summed E-state index contributed by atoms with van der Waals surface area (Å²) >= 11 is 0. The van der Waals surface area contributed by atoms with Crippen molar-refractivity contribution in [2.45, 2.75) is 44.0 Å². The van der Waals surface area contributed by atoms with Crippen molar-refractivity contribution in [1.82, 2.24) is 9.55 Å². The van der Waals surface area contributed by atoms with Crippen molar-refractivity contribution >= 4 is 23.5 Å². The number of hydrogen-bond acceptors (Lipinski definition) is 11. The van der Waals surface area contributed by atoms with E-state index in [1.165, 1.54) is 6.92 Å². The quantitative estimate of drug-likeness (QED) is 0.141. The second-order valence-corrected chi connectivity index (χ2v) is 11.0. The summed E-state index contributed by atoms with van der Waals surface area (Å²) in [6.45, 7) is 2.13. The number of phosphoric acid groups is 3. The molecular weight excluding hydrogens is 536 g/mol. The maximum Gasteiger partial charge on any atom is 0.490 e. The summed E-state index contributed by atoms with van der Waals surface area (Å²) in [5.41, 5.74) is -5.37. The van der Waals surface area contributed by atoms with Gasteiger partial charge in [-0.2, -0.15) is 13.0 Å². The van der Waals surface area contributed by atoms with E-state index >= 15 is 0 Å². The second kappa shape index (κ2) is 9.84. The van der Waals surface area contributed by atoms with E-state index in [0.717, 1.165) is 6.92 Å². The summed E-state index contributed by atoms with van der Waals surface area (Å²) < 4.78 is 65.2. The van der Waals surface area contributed by atoms with Crippen molar-refractivity contribution in [2.24, 2.45) is 0 Å². The number of aliphatic hydroxyl groups excluding tert-OH is 1. The van der Waals surface area contributed by atoms with Crippen LogP contribution in [0.3, 0.4) is 0 Å². The van der Waals surface area contributed by atoms with Crippen molar-refractivity contribution in [3.05, 3.63) is 32.9 Å². The van der Waals surface area contributed by atoms with Gasteiger partial charge in [0.2, 0.25) is 5.82 Å². The number of aliphatic hydroxyl groups is 2. The molecular formula is C13H18FN2O15P3. The van der Waals surface area contributed by atoms with Gasteiger partial charge in [-0.05, 0) is 13.8 Å². The molecule has 2 heterocycles. The van der Waals surface area contributed by atoms with Gasteiger partial charge >= 0.3 is 29.2 Å². The average molecular weight is 554 g/mol. The molecule has 21 heteroatoms. The van der Waals surface area contributed by atoms with Crippen LogP contribution in [-0.2, 0) is 31.6 Å². The van der Waals surface area contributed by atoms with E-state index in [4.69, 9.17) is 14.5 Å². The lowest BCUT2D eigenvalue weighted by molar-refractivity contribution is -0.0873. The van der Waals surface area contributed by atoms with Gasteiger partial charge in [-0.1, -0.05) is 5.92 Å². The fourth-order valence-electron chi connectivity index (χ4n) is 2.91. The number of hydrogen-bond donors (Lipinski definition) is 7. The molecule has 1 aliphatic rings. The molecule has 1 aromatic heterocycles. The SMILES string of the molecule is CC#C[C@@]1(O)C(O)[C@@H]([C@H](C)OP(=O)(O)OP(=O)(O)OP(=O)(O)O)O[C@H]1n1cc(F)c(=O)[nH]c1=O. The minimum Gasteiger partial charge on any atom is -0.386 e. The lowest BCUT2D eigenvalue weighted by atomic mass is 9.93. The third kappa shape index (κ3) is 6.56. The zero-order valence-electron chi connectivity index (χ0n) is 16.9. The lowest BCUT2D eigenvalue weighted by Crippen LogP contribution is -2.49. The summed E-state index contributed by atoms with van der Waals surface area (Å²) in [6.07, 6.45) is -7.50. The van der Waals surface area contributed by atoms with Crippen LogP contribution in [0.15, 0.2) is 15.8 Å². The first-order valence-corrected chi connectivity index (χ1v) is 13.2. The second-order valence-electron chi connectivity index (χ2n) is 6.64. The van der Waals surface area contributed by atoms with Crippen LogP contribution in [0.2, 0.25) is 0 Å². The molecule has 34 heavy (non-hydrogen) atoms. The Morgan fingerprint density at radius 3 is 2.32 bits per heavy atom. The minimum absolute atomic E-state index is 0.335. The van der Waals surface area contributed by atoms with Crippen molar-refractivity contribution in [3.63, 3.8) is 0 Å². The van der Waals surface area contributed by atoms with Gasteiger partial charge in [0.1, 0.15) is 12.2 Å². The molecule has 0 bridgehead atoms. The van der Waals surface area contributed by atoms with Gasteiger partial charge in [-0.15, -0.1) is 5.92 Å². The van der Waals surface area contributed by atoms with Gasteiger partial charge in [-0.3, -0.25) is 18.9 Å². The largest absolute Gasteiger partial charge is 0.490 e. The topological polar surface area (TPSA) is 264 Å². The Balaban J connectivity index is 2.36. The Hall–Kier alpha value is -1.54. The number of nitrogens with zero attached hydrogens (tertiary/aromatic N) is 1. The third-order valence-electron chi connectivity index (χ3n) is 4.10. The Morgan fingerprint density at radius 1 is 1.21 bits per heavy atom. The molecule has 1 aliphatic heterocycles. The zero-order valence-corrected chi connectivity index (χ0v) is 19.6. The molecule has 0 aromatic carbocycles. The Kier molecular flexibility index (Phi) is 8.31. The highest BCUT2D eigenvalue weighted by Crippen LogP contribution is 2.66. The Bertz CT molecular complexity index is 1260. The van der Waals surface area contributed by atoms with Gasteiger partial charge in [-0.25, -0.2) is 18.5 Å². The van der Waals surface area contributed by atoms with Gasteiger partial charge in [0.05, 0.1) is 12.3 Å². The fourth-order valence-corrected chi connectivity index (χ4v) is 6.11. The lowest BCUT2D eigenvalue weighted by Gasteiger charge is -2.27. The van der Waals surface area contributed by atoms with Gasteiger partial charge < -0.3 is 34.5 Å². The van der Waals surface area contributed by atoms with Crippen molar-refractivity contribution in [1.29, 1.82) is 0 Å². The van der Waals surface area contributed by atoms with Crippen LogP contribution in [-0.4, -0.2) is 63.3 Å². The maximum atomic E-state index is 13.7. The average Bonchev–Trinajstić information content (AvgIpc) is 2.86. The summed E-state index contributed by atoms with van der Waals surface area (Å²) in [7, 11) is -17.2. The first-order valence-electron chi connectivity index (χ1n) is 8.65. The van der Waals surface area contributed by atoms with Gasteiger partial charge in [0.25, 0.3) is 5.56 Å². The van der Waals surface area contributed by atoms with Crippen LogP contribution in [0, 0.1) is 17.7 Å². The van der Waals surface area contributed by atoms with Crippen LogP contribution in [0.25, 0.3) is 0 Å². The predicted molar refractivity (Wildman–Crippen MR) is 104 cm³/mol. The number of ether oxygens (including phenoxy) is 1. The molecule has 17 nitrogen and oxygen atoms in total. The molecule has 7 atom stereocenters. The molecule has 192 valence electrons. The van der Waals surface area contributed by atoms with Crippen LogP contribution < -0.4 is 11.2 Å². The summed E-state index contributed by atoms with van der Waals surface area (Å²) in [5, 5.41) is 21.4. The number of halogens is 1. The van der Waals surface area contributed by atoms with Crippen molar-refractivity contribution < 1.29 is 65.8 Å². The minimum atomic E-state index is -5.85. The highest BCUT2D eigenvalue weighted by molar-refractivity contribution is 7.66. The molecule has 7 N–H and O–H groups in total. The number of nitrogens with one attached hydrogen (secondary N) is 1. The molecule has 0 aliphatic carbocycles. The molecule has 0 amide bonds. The van der Waals surface area contributed by atoms with Crippen molar-refractivity contribution in [3.8, 4) is 11.8 Å². The monoisotopic (exact) mass is 554 g/mol. The van der Waals surface area contributed by atoms with E-state index in [0.29, 0.717) is 10.8 Å². The summed E-state index contributed by atoms with van der Waals surface area (Å²) in [5.74, 6) is 2.90. The van der Waals surface area contributed by atoms with Crippen LogP contribution in [0.1, 0.15) is 20.1 Å². The zero-order chi connectivity index (χ0) is 26.3. The van der Waals surface area contributed by atoms with E-state index in [2.05, 4.69) is 25.0 Å². The highest BCUT2D eigenvalue weighted by Gasteiger charge is 2.58. The molecule has 0 spiro atoms. The van der Waals surface area contributed by atoms with Gasteiger partial charge in [0.15, 0.2) is 11.8 Å². The fraction of sp³-hybridized carbons (Fsp3) is 0.538. The number of H-pyrrole nitrogens is 1. The van der Waals surface area contributed by atoms with E-state index in [-0.39, 0.29) is 0 Å². The molecule has 0 radical (unpaired) electrons. The molecule has 1 fully saturated rings. The number of phosphoric ester groups is 1. The number of aromatic amines is 1. The van der Waals surface area contributed by atoms with Crippen molar-refractivity contribution in [2.75, 3.05) is 0 Å². The van der Waals surface area contributed by atoms with E-state index in [9.17, 15) is 47.7 Å². The van der Waals surface area contributed by atoms with Gasteiger partial charge in [0, 0.05) is 0 Å². The third-order valence-corrected chi connectivity index (χ3v) is 8.03. The molecule has 3 unspecified atom stereocenters. The molecule has 0 saturated carbocycles. The molecule has 1 saturated heterocycles. The van der Waals surface area contributed by atoms with Crippen LogP contribution in [0.5, 0.6) is 0 Å². The highest BCUT2D eigenvalue weighted by atomic mass is 31.3.